The van der Waals surface area contributed by atoms with Crippen molar-refractivity contribution in [1.29, 1.82) is 0 Å². The molecule has 0 saturated heterocycles. The smallest absolute Gasteiger partial charge is 0.0147 e. The first kappa shape index (κ1) is 12.9. The van der Waals surface area contributed by atoms with Gasteiger partial charge < -0.3 is 0 Å². The minimum atomic E-state index is 0.0935. The predicted molar refractivity (Wildman–Crippen MR) is 86.7 cm³/mol. The lowest BCUT2D eigenvalue weighted by Gasteiger charge is -2.29. The fraction of sp³-hybridized carbons (Fsp3) is 0.200. The lowest BCUT2D eigenvalue weighted by molar-refractivity contribution is 0.602. The van der Waals surface area contributed by atoms with Crippen LogP contribution in [0, 0.1) is 6.92 Å². The number of benzene rings is 2. The van der Waals surface area contributed by atoms with Gasteiger partial charge in [-0.05, 0) is 30.0 Å². The molecule has 20 heavy (non-hydrogen) atoms. The van der Waals surface area contributed by atoms with Crippen molar-refractivity contribution < 1.29 is 0 Å². The van der Waals surface area contributed by atoms with Gasteiger partial charge in [-0.2, -0.15) is 0 Å². The zero-order chi connectivity index (χ0) is 14.0. The molecule has 0 spiro atoms. The normalized spacial score (nSPS) is 21.6. The molecule has 100 valence electrons. The molecule has 0 bridgehead atoms. The van der Waals surface area contributed by atoms with Gasteiger partial charge in [0.25, 0.3) is 0 Å². The zero-order valence-corrected chi connectivity index (χ0v) is 12.1. The average molecular weight is 260 g/mol. The highest BCUT2D eigenvalue weighted by molar-refractivity contribution is 5.76. The molecule has 0 aliphatic heterocycles. The molecule has 2 aromatic rings. The summed E-state index contributed by atoms with van der Waals surface area (Å²) in [5.74, 6) is 0. The SMILES string of the molecule is Cc1ccc(C2=CC(C)(c3ccccc3)CC=C2)cc1. The molecule has 0 nitrogen and oxygen atoms in total. The maximum atomic E-state index is 2.41. The van der Waals surface area contributed by atoms with Crippen molar-refractivity contribution in [1.82, 2.24) is 0 Å². The average Bonchev–Trinajstić information content (AvgIpc) is 2.49. The van der Waals surface area contributed by atoms with Gasteiger partial charge in [-0.15, -0.1) is 0 Å². The summed E-state index contributed by atoms with van der Waals surface area (Å²) >= 11 is 0. The van der Waals surface area contributed by atoms with Crippen LogP contribution in [0.3, 0.4) is 0 Å². The summed E-state index contributed by atoms with van der Waals surface area (Å²) in [4.78, 5) is 0. The van der Waals surface area contributed by atoms with Crippen molar-refractivity contribution in [2.45, 2.75) is 25.7 Å². The standard InChI is InChI=1S/C20H20/c1-16-10-12-17(13-11-16)18-7-6-14-20(2,15-18)19-8-4-3-5-9-19/h3-13,15H,14H2,1-2H3. The van der Waals surface area contributed by atoms with Crippen LogP contribution >= 0.6 is 0 Å². The highest BCUT2D eigenvalue weighted by Gasteiger charge is 2.25. The molecule has 2 aromatic carbocycles. The van der Waals surface area contributed by atoms with Crippen molar-refractivity contribution in [2.75, 3.05) is 0 Å². The van der Waals surface area contributed by atoms with Gasteiger partial charge in [0.1, 0.15) is 0 Å². The van der Waals surface area contributed by atoms with E-state index in [2.05, 4.69) is 86.7 Å². The third-order valence-electron chi connectivity index (χ3n) is 4.13. The molecule has 1 atom stereocenters. The van der Waals surface area contributed by atoms with E-state index in [4.69, 9.17) is 0 Å². The summed E-state index contributed by atoms with van der Waals surface area (Å²) in [6.45, 7) is 4.45. The number of allylic oxidation sites excluding steroid dienone is 4. The topological polar surface area (TPSA) is 0 Å². The second-order valence-electron chi connectivity index (χ2n) is 5.86. The summed E-state index contributed by atoms with van der Waals surface area (Å²) < 4.78 is 0. The molecule has 3 rings (SSSR count). The van der Waals surface area contributed by atoms with Crippen LogP contribution in [0.25, 0.3) is 5.57 Å². The van der Waals surface area contributed by atoms with E-state index < -0.39 is 0 Å². The fourth-order valence-electron chi connectivity index (χ4n) is 2.83. The first-order valence-corrected chi connectivity index (χ1v) is 7.19. The second-order valence-corrected chi connectivity index (χ2v) is 5.86. The van der Waals surface area contributed by atoms with Gasteiger partial charge in [0.05, 0.1) is 0 Å². The van der Waals surface area contributed by atoms with E-state index in [0.717, 1.165) is 6.42 Å². The molecule has 0 aromatic heterocycles. The second kappa shape index (κ2) is 5.13. The van der Waals surface area contributed by atoms with E-state index in [1.807, 2.05) is 0 Å². The van der Waals surface area contributed by atoms with Gasteiger partial charge in [0, 0.05) is 5.41 Å². The summed E-state index contributed by atoms with van der Waals surface area (Å²) in [6, 6.07) is 19.6. The lowest BCUT2D eigenvalue weighted by atomic mass is 9.75. The highest BCUT2D eigenvalue weighted by atomic mass is 14.3. The Kier molecular flexibility index (Phi) is 3.31. The summed E-state index contributed by atoms with van der Waals surface area (Å²) in [5.41, 5.74) is 5.40. The summed E-state index contributed by atoms with van der Waals surface area (Å²) in [7, 11) is 0. The van der Waals surface area contributed by atoms with Gasteiger partial charge in [-0.25, -0.2) is 0 Å². The summed E-state index contributed by atoms with van der Waals surface area (Å²) in [5, 5.41) is 0. The van der Waals surface area contributed by atoms with Crippen molar-refractivity contribution in [3.05, 3.63) is 89.5 Å². The molecule has 0 radical (unpaired) electrons. The largest absolute Gasteiger partial charge is 0.0827 e. The van der Waals surface area contributed by atoms with Crippen LogP contribution in [-0.4, -0.2) is 0 Å². The fourth-order valence-corrected chi connectivity index (χ4v) is 2.83. The number of rotatable bonds is 2. The monoisotopic (exact) mass is 260 g/mol. The minimum Gasteiger partial charge on any atom is -0.0827 e. The Balaban J connectivity index is 2.00. The van der Waals surface area contributed by atoms with Gasteiger partial charge in [-0.3, -0.25) is 0 Å². The molecule has 1 aliphatic carbocycles. The maximum absolute atomic E-state index is 2.41. The highest BCUT2D eigenvalue weighted by Crippen LogP contribution is 2.36. The lowest BCUT2D eigenvalue weighted by Crippen LogP contribution is -2.20. The van der Waals surface area contributed by atoms with E-state index in [9.17, 15) is 0 Å². The Morgan fingerprint density at radius 3 is 2.30 bits per heavy atom. The summed E-state index contributed by atoms with van der Waals surface area (Å²) in [6.07, 6.45) is 8.01. The van der Waals surface area contributed by atoms with Gasteiger partial charge in [0.15, 0.2) is 0 Å². The maximum Gasteiger partial charge on any atom is 0.0147 e. The van der Waals surface area contributed by atoms with Crippen molar-refractivity contribution >= 4 is 5.57 Å². The predicted octanol–water partition coefficient (Wildman–Crippen LogP) is 5.30. The van der Waals surface area contributed by atoms with Crippen molar-refractivity contribution in [3.63, 3.8) is 0 Å². The Morgan fingerprint density at radius 2 is 1.60 bits per heavy atom. The Morgan fingerprint density at radius 1 is 0.900 bits per heavy atom. The van der Waals surface area contributed by atoms with Crippen LogP contribution in [0.4, 0.5) is 0 Å². The van der Waals surface area contributed by atoms with E-state index in [-0.39, 0.29) is 5.41 Å². The van der Waals surface area contributed by atoms with E-state index in [0.29, 0.717) is 0 Å². The van der Waals surface area contributed by atoms with Crippen LogP contribution in [0.2, 0.25) is 0 Å². The Hall–Kier alpha value is -2.08. The quantitative estimate of drug-likeness (QED) is 0.687. The molecule has 0 heterocycles. The van der Waals surface area contributed by atoms with Crippen molar-refractivity contribution in [3.8, 4) is 0 Å². The van der Waals surface area contributed by atoms with Crippen LogP contribution in [-0.2, 0) is 5.41 Å². The molecule has 0 amide bonds. The molecule has 1 aliphatic rings. The Bertz CT molecular complexity index is 644. The van der Waals surface area contributed by atoms with Crippen molar-refractivity contribution in [2.24, 2.45) is 0 Å². The first-order valence-electron chi connectivity index (χ1n) is 7.19. The van der Waals surface area contributed by atoms with Crippen LogP contribution in [0.5, 0.6) is 0 Å². The molecule has 0 N–H and O–H groups in total. The van der Waals surface area contributed by atoms with Gasteiger partial charge in [-0.1, -0.05) is 85.3 Å². The molecule has 0 heteroatoms. The Labute approximate surface area is 121 Å². The zero-order valence-electron chi connectivity index (χ0n) is 12.1. The number of hydrogen-bond acceptors (Lipinski definition) is 0. The van der Waals surface area contributed by atoms with E-state index >= 15 is 0 Å². The molecule has 0 fully saturated rings. The molecule has 0 saturated carbocycles. The van der Waals surface area contributed by atoms with Gasteiger partial charge >= 0.3 is 0 Å². The first-order chi connectivity index (χ1) is 9.67. The van der Waals surface area contributed by atoms with E-state index in [1.54, 1.807) is 0 Å². The van der Waals surface area contributed by atoms with Crippen LogP contribution in [0.15, 0.2) is 72.8 Å². The van der Waals surface area contributed by atoms with Crippen LogP contribution in [0.1, 0.15) is 30.0 Å². The third-order valence-corrected chi connectivity index (χ3v) is 4.13. The van der Waals surface area contributed by atoms with Crippen LogP contribution < -0.4 is 0 Å². The van der Waals surface area contributed by atoms with Gasteiger partial charge in [0.2, 0.25) is 0 Å². The van der Waals surface area contributed by atoms with E-state index in [1.165, 1.54) is 22.3 Å². The molecular weight excluding hydrogens is 240 g/mol. The number of aryl methyl sites for hydroxylation is 1. The number of hydrogen-bond donors (Lipinski definition) is 0. The minimum absolute atomic E-state index is 0.0935. The third kappa shape index (κ3) is 2.46. The molecular formula is C20H20. The molecule has 1 unspecified atom stereocenters.